The van der Waals surface area contributed by atoms with Crippen molar-refractivity contribution in [2.75, 3.05) is 31.1 Å². The van der Waals surface area contributed by atoms with Gasteiger partial charge >= 0.3 is 0 Å². The number of aromatic nitrogens is 1. The van der Waals surface area contributed by atoms with Gasteiger partial charge < -0.3 is 10.2 Å². The van der Waals surface area contributed by atoms with Crippen molar-refractivity contribution >= 4 is 16.6 Å². The van der Waals surface area contributed by atoms with E-state index in [4.69, 9.17) is 4.98 Å². The lowest BCUT2D eigenvalue weighted by molar-refractivity contribution is 0.516. The molecule has 2 heterocycles. The molecule has 3 heteroatoms. The molecule has 3 nitrogen and oxygen atoms in total. The van der Waals surface area contributed by atoms with Crippen LogP contribution in [0.1, 0.15) is 25.5 Å². The van der Waals surface area contributed by atoms with Crippen LogP contribution in [0, 0.1) is 12.8 Å². The normalized spacial score (nSPS) is 18.6. The predicted octanol–water partition coefficient (Wildman–Crippen LogP) is 3.37. The minimum Gasteiger partial charge on any atom is -0.369 e. The molecule has 1 aromatic carbocycles. The van der Waals surface area contributed by atoms with Crippen molar-refractivity contribution in [2.24, 2.45) is 5.92 Å². The van der Waals surface area contributed by atoms with Gasteiger partial charge in [-0.3, -0.25) is 4.98 Å². The van der Waals surface area contributed by atoms with Crippen molar-refractivity contribution in [3.8, 4) is 0 Å². The Morgan fingerprint density at radius 3 is 3.05 bits per heavy atom. The fraction of sp³-hybridized carbons (Fsp3) is 0.500. The maximum atomic E-state index is 4.76. The van der Waals surface area contributed by atoms with Crippen LogP contribution in [-0.2, 0) is 0 Å². The lowest BCUT2D eigenvalue weighted by Crippen LogP contribution is -2.27. The fourth-order valence-electron chi connectivity index (χ4n) is 3.19. The molecule has 112 valence electrons. The third-order valence-electron chi connectivity index (χ3n) is 4.32. The van der Waals surface area contributed by atoms with Crippen molar-refractivity contribution in [2.45, 2.75) is 26.7 Å². The molecule has 1 saturated heterocycles. The van der Waals surface area contributed by atoms with Crippen LogP contribution >= 0.6 is 0 Å². The molecule has 0 aliphatic carbocycles. The number of pyridine rings is 1. The minimum absolute atomic E-state index is 0.761. The van der Waals surface area contributed by atoms with Crippen LogP contribution in [0.25, 0.3) is 10.9 Å². The smallest absolute Gasteiger partial charge is 0.0938 e. The van der Waals surface area contributed by atoms with E-state index in [9.17, 15) is 0 Å². The Kier molecular flexibility index (Phi) is 4.39. The van der Waals surface area contributed by atoms with Crippen molar-refractivity contribution in [1.29, 1.82) is 0 Å². The van der Waals surface area contributed by atoms with E-state index >= 15 is 0 Å². The second-order valence-corrected chi connectivity index (χ2v) is 6.11. The first-order valence-electron chi connectivity index (χ1n) is 8.10. The molecule has 1 unspecified atom stereocenters. The number of para-hydroxylation sites is 1. The summed E-state index contributed by atoms with van der Waals surface area (Å²) in [4.78, 5) is 7.27. The van der Waals surface area contributed by atoms with Crippen LogP contribution < -0.4 is 10.2 Å². The zero-order valence-corrected chi connectivity index (χ0v) is 13.1. The molecule has 0 bridgehead atoms. The van der Waals surface area contributed by atoms with E-state index in [0.717, 1.165) is 43.3 Å². The van der Waals surface area contributed by atoms with Gasteiger partial charge in [-0.2, -0.15) is 0 Å². The summed E-state index contributed by atoms with van der Waals surface area (Å²) in [7, 11) is 0. The molecule has 1 N–H and O–H groups in total. The average molecular weight is 283 g/mol. The Hall–Kier alpha value is -1.61. The van der Waals surface area contributed by atoms with Gasteiger partial charge in [-0.15, -0.1) is 0 Å². The summed E-state index contributed by atoms with van der Waals surface area (Å²) < 4.78 is 0. The number of benzene rings is 1. The van der Waals surface area contributed by atoms with Crippen LogP contribution in [0.15, 0.2) is 30.3 Å². The molecule has 21 heavy (non-hydrogen) atoms. The summed E-state index contributed by atoms with van der Waals surface area (Å²) in [6.07, 6.45) is 2.49. The molecule has 1 aliphatic rings. The van der Waals surface area contributed by atoms with E-state index in [1.165, 1.54) is 23.9 Å². The number of nitrogens with one attached hydrogen (secondary N) is 1. The molecule has 1 aromatic heterocycles. The number of fused-ring (bicyclic) bond motifs is 1. The van der Waals surface area contributed by atoms with Gasteiger partial charge in [-0.1, -0.05) is 25.1 Å². The van der Waals surface area contributed by atoms with Crippen molar-refractivity contribution in [3.63, 3.8) is 0 Å². The number of nitrogens with zero attached hydrogens (tertiary/aromatic N) is 2. The highest BCUT2D eigenvalue weighted by Gasteiger charge is 2.23. The number of anilines is 1. The monoisotopic (exact) mass is 283 g/mol. The third-order valence-corrected chi connectivity index (χ3v) is 4.32. The van der Waals surface area contributed by atoms with Crippen LogP contribution in [0.4, 0.5) is 5.69 Å². The lowest BCUT2D eigenvalue weighted by Gasteiger charge is -2.20. The average Bonchev–Trinajstić information content (AvgIpc) is 2.95. The Labute approximate surface area is 127 Å². The predicted molar refractivity (Wildman–Crippen MR) is 90.0 cm³/mol. The van der Waals surface area contributed by atoms with Crippen molar-refractivity contribution in [3.05, 3.63) is 36.0 Å². The Balaban J connectivity index is 1.77. The number of hydrogen-bond acceptors (Lipinski definition) is 3. The molecule has 1 atom stereocenters. The number of hydrogen-bond donors (Lipinski definition) is 1. The molecule has 2 aromatic rings. The summed E-state index contributed by atoms with van der Waals surface area (Å²) in [5.74, 6) is 0.761. The minimum atomic E-state index is 0.761. The van der Waals surface area contributed by atoms with E-state index in [0.29, 0.717) is 0 Å². The van der Waals surface area contributed by atoms with Gasteiger partial charge in [0.2, 0.25) is 0 Å². The van der Waals surface area contributed by atoms with Crippen LogP contribution in [0.2, 0.25) is 0 Å². The summed E-state index contributed by atoms with van der Waals surface area (Å²) >= 11 is 0. The second-order valence-electron chi connectivity index (χ2n) is 6.11. The fourth-order valence-corrected chi connectivity index (χ4v) is 3.19. The molecule has 0 amide bonds. The largest absolute Gasteiger partial charge is 0.369 e. The third kappa shape index (κ3) is 3.18. The highest BCUT2D eigenvalue weighted by Crippen LogP contribution is 2.29. The van der Waals surface area contributed by atoms with Crippen LogP contribution in [0.5, 0.6) is 0 Å². The lowest BCUT2D eigenvalue weighted by atomic mass is 10.1. The summed E-state index contributed by atoms with van der Waals surface area (Å²) in [5.41, 5.74) is 3.55. The van der Waals surface area contributed by atoms with E-state index in [2.05, 4.69) is 54.4 Å². The molecule has 0 saturated carbocycles. The highest BCUT2D eigenvalue weighted by atomic mass is 15.2. The Bertz CT molecular complexity index is 608. The van der Waals surface area contributed by atoms with Gasteiger partial charge in [-0.25, -0.2) is 0 Å². The van der Waals surface area contributed by atoms with Crippen LogP contribution in [-0.4, -0.2) is 31.2 Å². The Morgan fingerprint density at radius 1 is 1.29 bits per heavy atom. The van der Waals surface area contributed by atoms with Crippen molar-refractivity contribution in [1.82, 2.24) is 10.3 Å². The first kappa shape index (κ1) is 14.3. The highest BCUT2D eigenvalue weighted by molar-refractivity contribution is 5.91. The van der Waals surface area contributed by atoms with Gasteiger partial charge in [0.05, 0.1) is 11.2 Å². The van der Waals surface area contributed by atoms with Gasteiger partial charge in [0.25, 0.3) is 0 Å². The summed E-state index contributed by atoms with van der Waals surface area (Å²) in [6, 6.07) is 10.8. The maximum Gasteiger partial charge on any atom is 0.0938 e. The Morgan fingerprint density at radius 2 is 2.19 bits per heavy atom. The first-order valence-corrected chi connectivity index (χ1v) is 8.10. The van der Waals surface area contributed by atoms with E-state index < -0.39 is 0 Å². The number of rotatable bonds is 5. The van der Waals surface area contributed by atoms with Crippen LogP contribution in [0.3, 0.4) is 0 Å². The van der Waals surface area contributed by atoms with Gasteiger partial charge in [-0.05, 0) is 50.9 Å². The summed E-state index contributed by atoms with van der Waals surface area (Å²) in [5, 5.41) is 4.79. The molecular formula is C18H25N3. The standard InChI is InChI=1S/C18H25N3/c1-3-10-19-12-15-9-11-21(13-15)17-6-4-5-16-8-7-14(2)20-18(16)17/h4-8,15,19H,3,9-13H2,1-2H3. The molecule has 3 rings (SSSR count). The number of aryl methyl sites for hydroxylation is 1. The van der Waals surface area contributed by atoms with Crippen molar-refractivity contribution < 1.29 is 0 Å². The molecular weight excluding hydrogens is 258 g/mol. The SMILES string of the molecule is CCCNCC1CCN(c2cccc3ccc(C)nc23)C1. The van der Waals surface area contributed by atoms with Gasteiger partial charge in [0, 0.05) is 24.2 Å². The molecule has 1 aliphatic heterocycles. The van der Waals surface area contributed by atoms with E-state index in [1.54, 1.807) is 0 Å². The topological polar surface area (TPSA) is 28.2 Å². The quantitative estimate of drug-likeness (QED) is 0.853. The first-order chi connectivity index (χ1) is 10.3. The van der Waals surface area contributed by atoms with E-state index in [1.807, 2.05) is 0 Å². The second kappa shape index (κ2) is 6.44. The zero-order chi connectivity index (χ0) is 14.7. The zero-order valence-electron chi connectivity index (χ0n) is 13.1. The maximum absolute atomic E-state index is 4.76. The molecule has 0 radical (unpaired) electrons. The van der Waals surface area contributed by atoms with E-state index in [-0.39, 0.29) is 0 Å². The molecule has 1 fully saturated rings. The molecule has 0 spiro atoms. The summed E-state index contributed by atoms with van der Waals surface area (Å²) in [6.45, 7) is 8.85. The van der Waals surface area contributed by atoms with Gasteiger partial charge in [0.15, 0.2) is 0 Å². The van der Waals surface area contributed by atoms with Gasteiger partial charge in [0.1, 0.15) is 0 Å².